The zero-order valence-electron chi connectivity index (χ0n) is 15.6. The minimum Gasteiger partial charge on any atom is -0.350 e. The highest BCUT2D eigenvalue weighted by molar-refractivity contribution is 6.54. The van der Waals surface area contributed by atoms with Crippen LogP contribution in [0, 0.1) is 0 Å². The monoisotopic (exact) mass is 463 g/mol. The maximum atomic E-state index is 12.9. The first kappa shape index (κ1) is 20.7. The van der Waals surface area contributed by atoms with Gasteiger partial charge in [-0.25, -0.2) is 4.90 Å². The Labute approximate surface area is 188 Å². The molecule has 2 heterocycles. The Balaban J connectivity index is 1.54. The average molecular weight is 465 g/mol. The fourth-order valence-corrected chi connectivity index (χ4v) is 4.01. The molecular weight excluding hydrogens is 449 g/mol. The maximum absolute atomic E-state index is 12.9. The van der Waals surface area contributed by atoms with E-state index in [0.717, 1.165) is 30.8 Å². The van der Waals surface area contributed by atoms with Crippen molar-refractivity contribution in [3.8, 4) is 0 Å². The lowest BCUT2D eigenvalue weighted by Gasteiger charge is -2.17. The predicted molar refractivity (Wildman–Crippen MR) is 117 cm³/mol. The zero-order valence-corrected chi connectivity index (χ0v) is 17.9. The highest BCUT2D eigenvalue weighted by atomic mass is 35.5. The Morgan fingerprint density at radius 2 is 1.57 bits per heavy atom. The molecule has 3 amide bonds. The van der Waals surface area contributed by atoms with Crippen LogP contribution in [0.15, 0.2) is 53.2 Å². The number of hydrogen-bond acceptors (Lipinski definition) is 4. The van der Waals surface area contributed by atoms with Crippen LogP contribution in [0.25, 0.3) is 0 Å². The summed E-state index contributed by atoms with van der Waals surface area (Å²) >= 11 is 18.3. The van der Waals surface area contributed by atoms with Crippen molar-refractivity contribution in [1.29, 1.82) is 0 Å². The number of benzene rings is 2. The molecule has 0 saturated carbocycles. The second-order valence-corrected chi connectivity index (χ2v) is 8.15. The number of anilines is 2. The summed E-state index contributed by atoms with van der Waals surface area (Å²) in [6, 6.07) is 11.1. The van der Waals surface area contributed by atoms with E-state index in [1.165, 1.54) is 12.1 Å². The van der Waals surface area contributed by atoms with Crippen LogP contribution < -0.4 is 10.2 Å². The van der Waals surface area contributed by atoms with Crippen molar-refractivity contribution in [1.82, 2.24) is 4.90 Å². The van der Waals surface area contributed by atoms with E-state index >= 15 is 0 Å². The molecule has 0 atom stereocenters. The summed E-state index contributed by atoms with van der Waals surface area (Å²) in [7, 11) is 0. The second kappa shape index (κ2) is 8.30. The largest absolute Gasteiger partial charge is 0.350 e. The normalized spacial score (nSPS) is 16.6. The molecule has 2 aromatic carbocycles. The van der Waals surface area contributed by atoms with E-state index < -0.39 is 11.8 Å². The first-order valence-electron chi connectivity index (χ1n) is 9.27. The molecule has 0 aromatic heterocycles. The minimum atomic E-state index is -0.700. The average Bonchev–Trinajstić information content (AvgIpc) is 3.34. The molecule has 0 aliphatic carbocycles. The number of nitrogens with one attached hydrogen (secondary N) is 1. The molecule has 2 aromatic rings. The van der Waals surface area contributed by atoms with Crippen molar-refractivity contribution in [3.63, 3.8) is 0 Å². The fourth-order valence-electron chi connectivity index (χ4n) is 3.43. The van der Waals surface area contributed by atoms with E-state index in [9.17, 15) is 14.4 Å². The van der Waals surface area contributed by atoms with Gasteiger partial charge in [-0.15, -0.1) is 0 Å². The number of amides is 3. The van der Waals surface area contributed by atoms with E-state index in [1.807, 2.05) is 4.90 Å². The van der Waals surface area contributed by atoms with Gasteiger partial charge < -0.3 is 10.2 Å². The van der Waals surface area contributed by atoms with Crippen LogP contribution in [0.5, 0.6) is 0 Å². The third kappa shape index (κ3) is 3.78. The Morgan fingerprint density at radius 3 is 2.23 bits per heavy atom. The van der Waals surface area contributed by atoms with Crippen LogP contribution in [-0.2, 0) is 9.59 Å². The predicted octanol–water partition coefficient (Wildman–Crippen LogP) is 4.67. The van der Waals surface area contributed by atoms with Crippen LogP contribution in [0.3, 0.4) is 0 Å². The molecule has 0 spiro atoms. The number of rotatable bonds is 4. The fraction of sp³-hybridized carbons (Fsp3) is 0.190. The van der Waals surface area contributed by atoms with Crippen molar-refractivity contribution >= 4 is 63.9 Å². The number of imide groups is 1. The van der Waals surface area contributed by atoms with Crippen molar-refractivity contribution < 1.29 is 14.4 Å². The molecule has 0 bridgehead atoms. The number of carbonyl (C=O) groups excluding carboxylic acids is 3. The molecular formula is C21H16Cl3N3O3. The third-order valence-electron chi connectivity index (χ3n) is 4.97. The Kier molecular flexibility index (Phi) is 5.73. The first-order valence-corrected chi connectivity index (χ1v) is 10.4. The molecule has 1 fully saturated rings. The topological polar surface area (TPSA) is 69.7 Å². The van der Waals surface area contributed by atoms with Gasteiger partial charge in [-0.1, -0.05) is 34.8 Å². The summed E-state index contributed by atoms with van der Waals surface area (Å²) in [5.41, 5.74) is 1.15. The summed E-state index contributed by atoms with van der Waals surface area (Å²) in [5.74, 6) is -1.37. The van der Waals surface area contributed by atoms with E-state index in [-0.39, 0.29) is 27.3 Å². The molecule has 1 N–H and O–H groups in total. The molecule has 4 rings (SSSR count). The zero-order chi connectivity index (χ0) is 21.4. The lowest BCUT2D eigenvalue weighted by molar-refractivity contribution is -0.120. The van der Waals surface area contributed by atoms with Gasteiger partial charge in [0.25, 0.3) is 17.7 Å². The van der Waals surface area contributed by atoms with Crippen molar-refractivity contribution in [2.45, 2.75) is 12.8 Å². The quantitative estimate of drug-likeness (QED) is 0.668. The van der Waals surface area contributed by atoms with Crippen LogP contribution >= 0.6 is 34.8 Å². The number of likely N-dealkylation sites (tertiary alicyclic amines) is 1. The first-order chi connectivity index (χ1) is 14.4. The number of nitrogens with zero attached hydrogens (tertiary/aromatic N) is 2. The van der Waals surface area contributed by atoms with Crippen molar-refractivity contribution in [2.75, 3.05) is 23.3 Å². The van der Waals surface area contributed by atoms with Gasteiger partial charge in [0.15, 0.2) is 0 Å². The van der Waals surface area contributed by atoms with E-state index in [0.29, 0.717) is 16.3 Å². The lowest BCUT2D eigenvalue weighted by Crippen LogP contribution is -2.32. The van der Waals surface area contributed by atoms with Gasteiger partial charge >= 0.3 is 0 Å². The van der Waals surface area contributed by atoms with Crippen LogP contribution in [0.1, 0.15) is 23.2 Å². The summed E-state index contributed by atoms with van der Waals surface area (Å²) in [5, 5.41) is 3.13. The molecule has 2 aliphatic rings. The number of halogens is 3. The van der Waals surface area contributed by atoms with Gasteiger partial charge in [-0.3, -0.25) is 14.4 Å². The number of hydrogen-bond donors (Lipinski definition) is 1. The summed E-state index contributed by atoms with van der Waals surface area (Å²) in [6.07, 6.45) is 2.03. The van der Waals surface area contributed by atoms with E-state index in [2.05, 4.69) is 5.32 Å². The van der Waals surface area contributed by atoms with Gasteiger partial charge in [0, 0.05) is 29.4 Å². The van der Waals surface area contributed by atoms with E-state index in [4.69, 9.17) is 34.8 Å². The Morgan fingerprint density at radius 1 is 0.900 bits per heavy atom. The highest BCUT2D eigenvalue weighted by Crippen LogP contribution is 2.35. The molecule has 2 aliphatic heterocycles. The standard InChI is InChI=1S/C21H16Cl3N3O3/c22-13-5-8-15(23)16(11-13)27-20(29)17(24)18(21(27)30)25-14-6-3-12(4-7-14)19(28)26-9-1-2-10-26/h3-8,11,25H,1-2,9-10H2. The Bertz CT molecular complexity index is 1080. The summed E-state index contributed by atoms with van der Waals surface area (Å²) in [6.45, 7) is 1.53. The van der Waals surface area contributed by atoms with E-state index in [1.54, 1.807) is 30.3 Å². The molecule has 9 heteroatoms. The molecule has 6 nitrogen and oxygen atoms in total. The lowest BCUT2D eigenvalue weighted by atomic mass is 10.2. The van der Waals surface area contributed by atoms with Crippen LogP contribution in [0.4, 0.5) is 11.4 Å². The SMILES string of the molecule is O=C(c1ccc(NC2=C(Cl)C(=O)N(c3cc(Cl)ccc3Cl)C2=O)cc1)N1CCCC1. The van der Waals surface area contributed by atoms with Crippen molar-refractivity contribution in [2.24, 2.45) is 0 Å². The molecule has 1 saturated heterocycles. The second-order valence-electron chi connectivity index (χ2n) is 6.93. The van der Waals surface area contributed by atoms with Crippen LogP contribution in [0.2, 0.25) is 10.0 Å². The van der Waals surface area contributed by atoms with Gasteiger partial charge in [0.1, 0.15) is 10.7 Å². The van der Waals surface area contributed by atoms with Gasteiger partial charge in [-0.05, 0) is 55.3 Å². The summed E-state index contributed by atoms with van der Waals surface area (Å²) < 4.78 is 0. The molecule has 154 valence electrons. The summed E-state index contributed by atoms with van der Waals surface area (Å²) in [4.78, 5) is 40.6. The van der Waals surface area contributed by atoms with Crippen molar-refractivity contribution in [3.05, 3.63) is 68.8 Å². The third-order valence-corrected chi connectivity index (χ3v) is 5.88. The Hall–Kier alpha value is -2.54. The highest BCUT2D eigenvalue weighted by Gasteiger charge is 2.40. The molecule has 0 unspecified atom stereocenters. The molecule has 30 heavy (non-hydrogen) atoms. The van der Waals surface area contributed by atoms with Gasteiger partial charge in [0.2, 0.25) is 0 Å². The smallest absolute Gasteiger partial charge is 0.283 e. The maximum Gasteiger partial charge on any atom is 0.283 e. The molecule has 0 radical (unpaired) electrons. The number of carbonyl (C=O) groups is 3. The van der Waals surface area contributed by atoms with Crippen LogP contribution in [-0.4, -0.2) is 35.7 Å². The minimum absolute atomic E-state index is 0.0230. The van der Waals surface area contributed by atoms with Gasteiger partial charge in [-0.2, -0.15) is 0 Å². The van der Waals surface area contributed by atoms with Gasteiger partial charge in [0.05, 0.1) is 10.7 Å².